The number of hydrogen-bond acceptors (Lipinski definition) is 3. The van der Waals surface area contributed by atoms with Crippen molar-refractivity contribution in [2.24, 2.45) is 0 Å². The third kappa shape index (κ3) is 4.78. The Labute approximate surface area is 138 Å². The van der Waals surface area contributed by atoms with Crippen molar-refractivity contribution >= 4 is 15.9 Å². The first kappa shape index (κ1) is 17.9. The molecule has 1 aliphatic heterocycles. The Balaban J connectivity index is 1.95. The molecule has 1 aliphatic rings. The average molecular weight is 338 g/mol. The monoisotopic (exact) mass is 338 g/mol. The first-order valence-corrected chi connectivity index (χ1v) is 9.69. The molecule has 0 aromatic heterocycles. The highest BCUT2D eigenvalue weighted by molar-refractivity contribution is 7.90. The first-order chi connectivity index (χ1) is 10.8. The number of hydrogen-bond donors (Lipinski definition) is 2. The summed E-state index contributed by atoms with van der Waals surface area (Å²) in [5.41, 5.74) is 2.34. The number of piperidine rings is 1. The highest BCUT2D eigenvalue weighted by atomic mass is 32.2. The second-order valence-electron chi connectivity index (χ2n) is 6.55. The van der Waals surface area contributed by atoms with Crippen molar-refractivity contribution < 1.29 is 13.2 Å². The summed E-state index contributed by atoms with van der Waals surface area (Å²) >= 11 is 0. The fourth-order valence-corrected chi connectivity index (χ4v) is 3.46. The molecule has 2 atom stereocenters. The number of carbonyl (C=O) groups excluding carboxylic acids is 1. The summed E-state index contributed by atoms with van der Waals surface area (Å²) < 4.78 is 26.3. The lowest BCUT2D eigenvalue weighted by molar-refractivity contribution is -0.122. The third-order valence-electron chi connectivity index (χ3n) is 4.45. The minimum Gasteiger partial charge on any atom is -0.355 e. The predicted molar refractivity (Wildman–Crippen MR) is 91.9 cm³/mol. The molecule has 2 rings (SSSR count). The molecule has 128 valence electrons. The molecule has 2 N–H and O–H groups in total. The Hall–Kier alpha value is -1.40. The first-order valence-electron chi connectivity index (χ1n) is 8.14. The van der Waals surface area contributed by atoms with Gasteiger partial charge in [-0.1, -0.05) is 31.2 Å². The zero-order chi connectivity index (χ0) is 17.0. The normalized spacial score (nSPS) is 20.3. The lowest BCUT2D eigenvalue weighted by atomic mass is 9.89. The molecule has 1 saturated heterocycles. The molecule has 0 aliphatic carbocycles. The predicted octanol–water partition coefficient (Wildman–Crippen LogP) is 2.11. The lowest BCUT2D eigenvalue weighted by Gasteiger charge is -2.23. The van der Waals surface area contributed by atoms with Gasteiger partial charge in [0, 0.05) is 25.4 Å². The van der Waals surface area contributed by atoms with Crippen molar-refractivity contribution in [3.63, 3.8) is 0 Å². The Morgan fingerprint density at radius 2 is 1.87 bits per heavy atom. The molecular formula is C17H26N2O3S. The quantitative estimate of drug-likeness (QED) is 0.834. The van der Waals surface area contributed by atoms with Crippen LogP contribution in [-0.4, -0.2) is 32.7 Å². The van der Waals surface area contributed by atoms with E-state index in [2.05, 4.69) is 34.3 Å². The SMILES string of the molecule is CC(CNS(=O)(=O)C(C)C)c1ccc(C2CCC(=O)NC2)cc1. The molecule has 5 nitrogen and oxygen atoms in total. The smallest absolute Gasteiger partial charge is 0.220 e. The maximum atomic E-state index is 11.8. The van der Waals surface area contributed by atoms with Crippen molar-refractivity contribution in [1.29, 1.82) is 0 Å². The molecule has 2 unspecified atom stereocenters. The van der Waals surface area contributed by atoms with Crippen LogP contribution in [0.5, 0.6) is 0 Å². The van der Waals surface area contributed by atoms with Crippen LogP contribution in [0.4, 0.5) is 0 Å². The summed E-state index contributed by atoms with van der Waals surface area (Å²) in [5.74, 6) is 0.615. The van der Waals surface area contributed by atoms with Crippen LogP contribution in [0.1, 0.15) is 56.6 Å². The van der Waals surface area contributed by atoms with Gasteiger partial charge in [0.25, 0.3) is 0 Å². The van der Waals surface area contributed by atoms with E-state index >= 15 is 0 Å². The minimum absolute atomic E-state index is 0.114. The third-order valence-corrected chi connectivity index (χ3v) is 6.26. The van der Waals surface area contributed by atoms with Crippen LogP contribution in [0.15, 0.2) is 24.3 Å². The van der Waals surface area contributed by atoms with Gasteiger partial charge in [-0.2, -0.15) is 0 Å². The molecule has 0 bridgehead atoms. The zero-order valence-corrected chi connectivity index (χ0v) is 14.8. The van der Waals surface area contributed by atoms with E-state index in [9.17, 15) is 13.2 Å². The van der Waals surface area contributed by atoms with E-state index in [1.54, 1.807) is 13.8 Å². The van der Waals surface area contributed by atoms with E-state index in [0.717, 1.165) is 12.0 Å². The second kappa shape index (κ2) is 7.45. The van der Waals surface area contributed by atoms with Gasteiger partial charge in [-0.25, -0.2) is 13.1 Å². The molecule has 6 heteroatoms. The Bertz CT molecular complexity index is 628. The largest absolute Gasteiger partial charge is 0.355 e. The van der Waals surface area contributed by atoms with E-state index in [-0.39, 0.29) is 11.8 Å². The van der Waals surface area contributed by atoms with Crippen molar-refractivity contribution in [1.82, 2.24) is 10.0 Å². The Kier molecular flexibility index (Phi) is 5.81. The fourth-order valence-electron chi connectivity index (χ4n) is 2.64. The van der Waals surface area contributed by atoms with E-state index < -0.39 is 15.3 Å². The van der Waals surface area contributed by atoms with E-state index in [0.29, 0.717) is 25.4 Å². The van der Waals surface area contributed by atoms with Crippen molar-refractivity contribution in [3.05, 3.63) is 35.4 Å². The van der Waals surface area contributed by atoms with Crippen LogP contribution in [-0.2, 0) is 14.8 Å². The molecule has 0 radical (unpaired) electrons. The number of amides is 1. The van der Waals surface area contributed by atoms with Crippen LogP contribution in [0.25, 0.3) is 0 Å². The number of sulfonamides is 1. The minimum atomic E-state index is -3.22. The molecule has 1 aromatic rings. The van der Waals surface area contributed by atoms with E-state index in [1.165, 1.54) is 5.56 Å². The van der Waals surface area contributed by atoms with Crippen molar-refractivity contribution in [2.45, 2.75) is 50.7 Å². The standard InChI is InChI=1S/C17H26N2O3S/c1-12(2)23(21,22)19-10-13(3)14-4-6-15(7-5-14)16-8-9-17(20)18-11-16/h4-7,12-13,16,19H,8-11H2,1-3H3,(H,18,20). The molecule has 1 heterocycles. The Morgan fingerprint density at radius 3 is 2.39 bits per heavy atom. The van der Waals surface area contributed by atoms with Crippen LogP contribution < -0.4 is 10.0 Å². The van der Waals surface area contributed by atoms with Gasteiger partial charge >= 0.3 is 0 Å². The highest BCUT2D eigenvalue weighted by Crippen LogP contribution is 2.25. The van der Waals surface area contributed by atoms with Crippen LogP contribution in [0, 0.1) is 0 Å². The summed E-state index contributed by atoms with van der Waals surface area (Å²) in [6, 6.07) is 8.29. The summed E-state index contributed by atoms with van der Waals surface area (Å²) in [7, 11) is -3.22. The van der Waals surface area contributed by atoms with Gasteiger partial charge in [0.1, 0.15) is 0 Å². The average Bonchev–Trinajstić information content (AvgIpc) is 2.53. The van der Waals surface area contributed by atoms with Crippen molar-refractivity contribution in [2.75, 3.05) is 13.1 Å². The Morgan fingerprint density at radius 1 is 1.22 bits per heavy atom. The number of carbonyl (C=O) groups is 1. The number of rotatable bonds is 6. The second-order valence-corrected chi connectivity index (χ2v) is 8.87. The fraction of sp³-hybridized carbons (Fsp3) is 0.588. The van der Waals surface area contributed by atoms with Crippen LogP contribution >= 0.6 is 0 Å². The maximum absolute atomic E-state index is 11.8. The molecule has 0 spiro atoms. The molecule has 23 heavy (non-hydrogen) atoms. The van der Waals surface area contributed by atoms with Crippen LogP contribution in [0.3, 0.4) is 0 Å². The van der Waals surface area contributed by atoms with Gasteiger partial charge < -0.3 is 5.32 Å². The topological polar surface area (TPSA) is 75.3 Å². The number of nitrogens with one attached hydrogen (secondary N) is 2. The van der Waals surface area contributed by atoms with Gasteiger partial charge in [-0.15, -0.1) is 0 Å². The molecule has 1 amide bonds. The molecule has 1 fully saturated rings. The van der Waals surface area contributed by atoms with Gasteiger partial charge in [-0.3, -0.25) is 4.79 Å². The van der Waals surface area contributed by atoms with E-state index in [4.69, 9.17) is 0 Å². The van der Waals surface area contributed by atoms with Crippen LogP contribution in [0.2, 0.25) is 0 Å². The van der Waals surface area contributed by atoms with Gasteiger partial charge in [-0.05, 0) is 37.3 Å². The summed E-state index contributed by atoms with van der Waals surface area (Å²) in [6.07, 6.45) is 1.47. The maximum Gasteiger partial charge on any atom is 0.220 e. The molecule has 1 aromatic carbocycles. The van der Waals surface area contributed by atoms with Crippen molar-refractivity contribution in [3.8, 4) is 0 Å². The summed E-state index contributed by atoms with van der Waals surface area (Å²) in [4.78, 5) is 11.2. The molecular weight excluding hydrogens is 312 g/mol. The van der Waals surface area contributed by atoms with E-state index in [1.807, 2.05) is 6.92 Å². The summed E-state index contributed by atoms with van der Waals surface area (Å²) in [6.45, 7) is 6.45. The highest BCUT2D eigenvalue weighted by Gasteiger charge is 2.20. The number of benzene rings is 1. The van der Waals surface area contributed by atoms with Gasteiger partial charge in [0.2, 0.25) is 15.9 Å². The van der Waals surface area contributed by atoms with Gasteiger partial charge in [0.15, 0.2) is 0 Å². The lowest BCUT2D eigenvalue weighted by Crippen LogP contribution is -2.34. The van der Waals surface area contributed by atoms with Gasteiger partial charge in [0.05, 0.1) is 5.25 Å². The summed E-state index contributed by atoms with van der Waals surface area (Å²) in [5, 5.41) is 2.48. The molecule has 0 saturated carbocycles. The zero-order valence-electron chi connectivity index (χ0n) is 14.0.